The van der Waals surface area contributed by atoms with Gasteiger partial charge in [-0.15, -0.1) is 0 Å². The van der Waals surface area contributed by atoms with Crippen LogP contribution in [0.1, 0.15) is 105 Å². The minimum Gasteiger partial charge on any atom is -0.504 e. The van der Waals surface area contributed by atoms with Crippen LogP contribution in [0.2, 0.25) is 0 Å². The molecule has 53 heteroatoms. The molecule has 2 fully saturated rings. The lowest BCUT2D eigenvalue weighted by Crippen LogP contribution is -2.66. The molecule has 0 saturated carbocycles. The maximum absolute atomic E-state index is 15.7. The number of carbonyl (C=O) groups excluding carboxylic acids is 11. The summed E-state index contributed by atoms with van der Waals surface area (Å²) in [6.45, 7) is -3.28. The number of rotatable bonds is 15. The monoisotopic (exact) mass is 1890 g/mol. The normalized spacial score (nSPS) is 21.8. The van der Waals surface area contributed by atoms with E-state index in [1.807, 2.05) is 0 Å². The molecule has 5 aliphatic heterocycles. The second-order valence-corrected chi connectivity index (χ2v) is 29.6. The Bertz CT molecular complexity index is 6630. The van der Waals surface area contributed by atoms with E-state index in [1.54, 1.807) is 0 Å². The highest BCUT2D eigenvalue weighted by Crippen LogP contribution is 2.62. The molecule has 0 amide bonds. The Labute approximate surface area is 741 Å². The van der Waals surface area contributed by atoms with Gasteiger partial charge >= 0.3 is 59.7 Å². The molecule has 12 atom stereocenters. The first-order valence-corrected chi connectivity index (χ1v) is 37.5. The van der Waals surface area contributed by atoms with Gasteiger partial charge in [0.2, 0.25) is 59.3 Å². The van der Waals surface area contributed by atoms with E-state index in [4.69, 9.17) is 66.3 Å². The van der Waals surface area contributed by atoms with E-state index in [9.17, 15) is 172 Å². The van der Waals surface area contributed by atoms with E-state index in [2.05, 4.69) is 0 Å². The zero-order chi connectivity index (χ0) is 98.3. The molecule has 0 unspecified atom stereocenters. The molecule has 9 aromatic rings. The fourth-order valence-corrected chi connectivity index (χ4v) is 14.7. The first-order valence-electron chi connectivity index (χ1n) is 37.5. The van der Waals surface area contributed by atoms with Gasteiger partial charge in [-0.05, 0) is 78.9 Å². The smallest absolute Gasteiger partial charge is 0.342 e. The largest absolute Gasteiger partial charge is 0.504 e. The third-order valence-corrected chi connectivity index (χ3v) is 21.3. The molecule has 28 N–H and O–H groups in total. The van der Waals surface area contributed by atoms with Gasteiger partial charge in [0, 0.05) is 28.8 Å². The van der Waals surface area contributed by atoms with Crippen molar-refractivity contribution in [2.24, 2.45) is 0 Å². The Morgan fingerprint density at radius 1 is 0.356 bits per heavy atom. The summed E-state index contributed by atoms with van der Waals surface area (Å²) in [5.41, 5.74) is -16.5. The molecule has 9 aromatic carbocycles. The van der Waals surface area contributed by atoms with Crippen molar-refractivity contribution in [3.63, 3.8) is 0 Å². The zero-order valence-corrected chi connectivity index (χ0v) is 66.2. The molecule has 15 rings (SSSR count). The van der Waals surface area contributed by atoms with Gasteiger partial charge in [0.05, 0.1) is 56.0 Å². The highest BCUT2D eigenvalue weighted by atomic mass is 16.8. The van der Waals surface area contributed by atoms with Crippen molar-refractivity contribution in [2.45, 2.75) is 78.9 Å². The topological polar surface area (TPSA) is 883 Å². The maximum Gasteiger partial charge on any atom is 0.342 e. The third-order valence-electron chi connectivity index (χ3n) is 21.3. The summed E-state index contributed by atoms with van der Waals surface area (Å²) in [7, 11) is 0. The van der Waals surface area contributed by atoms with Crippen LogP contribution >= 0.6 is 0 Å². The van der Waals surface area contributed by atoms with Crippen LogP contribution in [-0.4, -0.2) is 295 Å². The quantitative estimate of drug-likeness (QED) is 0.0294. The summed E-state index contributed by atoms with van der Waals surface area (Å²) in [5, 5.41) is 307. The number of phenolic OH excluding ortho intramolecular Hbond substituents is 25. The summed E-state index contributed by atoms with van der Waals surface area (Å²) in [6, 6.07) is 4.63. The Morgan fingerprint density at radius 2 is 0.748 bits per heavy atom. The Balaban J connectivity index is 0.874. The van der Waals surface area contributed by atoms with Crippen LogP contribution in [0.15, 0.2) is 96.6 Å². The molecular formula is C82H58O53. The van der Waals surface area contributed by atoms with Gasteiger partial charge in [-0.25, -0.2) is 47.9 Å². The van der Waals surface area contributed by atoms with Crippen molar-refractivity contribution in [3.05, 3.63) is 152 Å². The van der Waals surface area contributed by atoms with Crippen LogP contribution in [-0.2, 0) is 66.4 Å². The lowest BCUT2D eigenvalue weighted by molar-refractivity contribution is -0.323. The molecule has 0 radical (unpaired) electrons. The van der Waals surface area contributed by atoms with E-state index in [1.165, 1.54) is 0 Å². The minimum absolute atomic E-state index is 0.0429. The summed E-state index contributed by atoms with van der Waals surface area (Å²) in [6.07, 6.45) is -28.7. The lowest BCUT2D eigenvalue weighted by atomic mass is 9.74. The number of ketones is 1. The number of benzene rings is 9. The number of aromatic hydroxyl groups is 25. The lowest BCUT2D eigenvalue weighted by Gasteiger charge is -2.44. The number of phenols is 25. The van der Waals surface area contributed by atoms with Crippen molar-refractivity contribution < 1.29 is 262 Å². The van der Waals surface area contributed by atoms with Crippen molar-refractivity contribution in [2.75, 3.05) is 13.2 Å². The molecule has 0 aromatic heterocycles. The summed E-state index contributed by atoms with van der Waals surface area (Å²) >= 11 is 0. The third kappa shape index (κ3) is 15.5. The van der Waals surface area contributed by atoms with E-state index in [-0.39, 0.29) is 24.3 Å². The number of carbonyl (C=O) groups is 11. The van der Waals surface area contributed by atoms with Crippen LogP contribution in [0.25, 0.3) is 11.1 Å². The average molecular weight is 1890 g/mol. The Morgan fingerprint density at radius 3 is 1.25 bits per heavy atom. The van der Waals surface area contributed by atoms with Gasteiger partial charge in [-0.2, -0.15) is 0 Å². The molecule has 5 heterocycles. The number of aliphatic hydroxyl groups is 3. The molecular weight excluding hydrogens is 1830 g/mol. The van der Waals surface area contributed by atoms with Crippen molar-refractivity contribution in [3.8, 4) is 172 Å². The van der Waals surface area contributed by atoms with Crippen LogP contribution in [0.5, 0.6) is 161 Å². The molecule has 704 valence electrons. The molecule has 1 aliphatic carbocycles. The minimum atomic E-state index is -4.23. The first kappa shape index (κ1) is 91.2. The highest BCUT2D eigenvalue weighted by molar-refractivity contribution is 6.10. The van der Waals surface area contributed by atoms with Gasteiger partial charge in [0.15, 0.2) is 157 Å². The van der Waals surface area contributed by atoms with E-state index < -0.39 is 391 Å². The van der Waals surface area contributed by atoms with Crippen molar-refractivity contribution in [1.82, 2.24) is 0 Å². The zero-order valence-electron chi connectivity index (χ0n) is 66.2. The fourth-order valence-electron chi connectivity index (χ4n) is 14.7. The number of esters is 10. The van der Waals surface area contributed by atoms with Gasteiger partial charge in [-0.1, -0.05) is 0 Å². The summed E-state index contributed by atoms with van der Waals surface area (Å²) in [5.74, 6) is -74.5. The van der Waals surface area contributed by atoms with Gasteiger partial charge < -0.3 is 209 Å². The van der Waals surface area contributed by atoms with Crippen LogP contribution in [0.3, 0.4) is 0 Å². The predicted molar refractivity (Wildman–Crippen MR) is 412 cm³/mol. The van der Waals surface area contributed by atoms with E-state index >= 15 is 24.0 Å². The SMILES string of the molecule is O=C1O[C@H]2[C@@H]3OC(=O)c4cc(O)c(O)c(O)c4-c4c(cc(Oc5c(C(=O)O[C@H]6[C@H](OC(=O)c7cc(O)c(O)c(O)c7)O[C@H](COC(=O)c7cc(O)c(O)c(O)c7)[C@@H](OC(=O)c7cc(O)c(O)c(O)c7)[C@@H]6OC(=O)c6cc(O)c(O)c(O)c6)cc(O)c(O)c5O)c(O)c4O)C(=O)OC[C@H]2O[C@@H](OC(=O)c2cc(O)c(O)c(O)c2)[C@@H]3OC(=O)c2cc(O)c(O)c3c2[C@@H]2C1=CC(=O)C(O)(O)[C@]2(O)O3. The average Bonchev–Trinajstić information content (AvgIpc) is 1.53. The second kappa shape index (κ2) is 33.2. The van der Waals surface area contributed by atoms with Gasteiger partial charge in [0.25, 0.3) is 11.6 Å². The van der Waals surface area contributed by atoms with Crippen LogP contribution < -0.4 is 9.47 Å². The number of ether oxygens (including phenoxy) is 14. The fraction of sp³-hybridized carbons (Fsp3) is 0.183. The summed E-state index contributed by atoms with van der Waals surface area (Å²) < 4.78 is 79.9. The van der Waals surface area contributed by atoms with Crippen molar-refractivity contribution >= 4 is 65.5 Å². The van der Waals surface area contributed by atoms with E-state index in [0.29, 0.717) is 66.7 Å². The number of cyclic esters (lactones) is 1. The van der Waals surface area contributed by atoms with E-state index in [0.717, 1.165) is 0 Å². The summed E-state index contributed by atoms with van der Waals surface area (Å²) in [4.78, 5) is 163. The Kier molecular flexibility index (Phi) is 22.4. The standard InChI is InChI=1S/C82H58O53/c83-28-1-18(2-29(84)49(28)97)69(109)122-16-42-62(127-70(110)19-3-30(85)50(98)31(86)4-19)65(129-71(111)20-5-32(87)51(99)33(88)6-20)67(79(125-42)133-72(112)21-7-34(89)52(100)35(90)8-21)132-78(118)27-13-39(94)55(103)60(108)61(27)124-41-14-25-46(59(107)57(41)105)45-23(11-38(93)54(102)58(45)106)75(115)130-66-63-43(17-123-74(25)114)126-80(134-73(113)22-9-36(91)53(101)37(92)10-22)68(66)131-76(116)24-12-40(95)56(104)64-47(24)48-26(77(117)128-63)15-44(96)81(119,120)82(48,121)135-64/h1-15,42-43,48,62-63,65-68,79-80,83-95,97-108,119-121H,16-17H2/t42-,43-,48+,62-,63-,65+,66+,67-,68-,79+,80+,82-/m1/s1. The number of hydrogen-bond acceptors (Lipinski definition) is 53. The van der Waals surface area contributed by atoms with Gasteiger partial charge in [-0.3, -0.25) is 4.79 Å². The molecule has 6 aliphatic rings. The highest BCUT2D eigenvalue weighted by Gasteiger charge is 2.71. The van der Waals surface area contributed by atoms with Gasteiger partial charge in [0.1, 0.15) is 31.0 Å². The molecule has 53 nitrogen and oxygen atoms in total. The second-order valence-electron chi connectivity index (χ2n) is 29.6. The first-order chi connectivity index (χ1) is 63.4. The molecule has 0 spiro atoms. The molecule has 2 saturated heterocycles. The molecule has 4 bridgehead atoms. The Hall–Kier alpha value is -18.5. The number of hydrogen-bond donors (Lipinski definition) is 28. The number of fused-ring (bicyclic) bond motifs is 3. The molecule has 135 heavy (non-hydrogen) atoms. The van der Waals surface area contributed by atoms with Crippen LogP contribution in [0, 0.1) is 0 Å². The maximum atomic E-state index is 15.7. The van der Waals surface area contributed by atoms with Crippen LogP contribution in [0.4, 0.5) is 0 Å². The van der Waals surface area contributed by atoms with Crippen molar-refractivity contribution in [1.29, 1.82) is 0 Å². The predicted octanol–water partition coefficient (Wildman–Crippen LogP) is 0.985.